The molecule has 3 heteroatoms. The minimum Gasteiger partial charge on any atom is -0.383 e. The van der Waals surface area contributed by atoms with Crippen LogP contribution in [0, 0.1) is 20.8 Å². The average molecular weight is 168 g/mol. The molecule has 1 heterocycles. The molecule has 0 radical (unpaired) electrons. The fourth-order valence-corrected chi connectivity index (χ4v) is 1.27. The van der Waals surface area contributed by atoms with Crippen LogP contribution in [0.1, 0.15) is 16.8 Å². The van der Waals surface area contributed by atoms with Crippen molar-refractivity contribution >= 4 is 20.4 Å². The van der Waals surface area contributed by atoms with Gasteiger partial charge in [0.25, 0.3) is 0 Å². The van der Waals surface area contributed by atoms with Gasteiger partial charge in [0.05, 0.1) is 0 Å². The molecule has 0 bridgehead atoms. The van der Waals surface area contributed by atoms with Gasteiger partial charge in [-0.3, -0.25) is 0 Å². The number of nitrogens with zero attached hydrogens (tertiary/aromatic N) is 1. The van der Waals surface area contributed by atoms with Gasteiger partial charge in [-0.2, -0.15) is 0 Å². The molecule has 0 aliphatic carbocycles. The molecule has 11 heavy (non-hydrogen) atoms. The third kappa shape index (κ3) is 1.36. The molecule has 0 fully saturated rings. The molecule has 1 aromatic heterocycles. The normalized spacial score (nSPS) is 10.2. The number of hydrogen-bond donors (Lipinski definition) is 1. The van der Waals surface area contributed by atoms with E-state index in [1.165, 1.54) is 11.1 Å². The SMILES string of the molecule is Cc1nc(N)c(P)c(C)c1C. The van der Waals surface area contributed by atoms with E-state index in [-0.39, 0.29) is 0 Å². The van der Waals surface area contributed by atoms with Crippen LogP contribution < -0.4 is 11.0 Å². The van der Waals surface area contributed by atoms with Crippen LogP contribution in [-0.2, 0) is 0 Å². The van der Waals surface area contributed by atoms with E-state index >= 15 is 0 Å². The van der Waals surface area contributed by atoms with Crippen molar-refractivity contribution in [1.82, 2.24) is 4.98 Å². The van der Waals surface area contributed by atoms with Crippen LogP contribution in [-0.4, -0.2) is 4.98 Å². The highest BCUT2D eigenvalue weighted by Crippen LogP contribution is 2.13. The lowest BCUT2D eigenvalue weighted by Crippen LogP contribution is -2.11. The molecule has 0 spiro atoms. The van der Waals surface area contributed by atoms with Crippen LogP contribution in [0.25, 0.3) is 0 Å². The van der Waals surface area contributed by atoms with Gasteiger partial charge in [-0.05, 0) is 31.9 Å². The monoisotopic (exact) mass is 168 g/mol. The third-order valence-corrected chi connectivity index (χ3v) is 2.80. The molecule has 1 aromatic rings. The van der Waals surface area contributed by atoms with E-state index in [9.17, 15) is 0 Å². The van der Waals surface area contributed by atoms with E-state index in [0.717, 1.165) is 11.0 Å². The minimum absolute atomic E-state index is 0.621. The van der Waals surface area contributed by atoms with Gasteiger partial charge in [0.2, 0.25) is 0 Å². The molecule has 0 aromatic carbocycles. The molecule has 0 saturated heterocycles. The maximum Gasteiger partial charge on any atom is 0.131 e. The Morgan fingerprint density at radius 1 is 1.18 bits per heavy atom. The van der Waals surface area contributed by atoms with Gasteiger partial charge < -0.3 is 5.73 Å². The van der Waals surface area contributed by atoms with Gasteiger partial charge in [-0.1, -0.05) is 0 Å². The summed E-state index contributed by atoms with van der Waals surface area (Å²) >= 11 is 0. The lowest BCUT2D eigenvalue weighted by atomic mass is 10.1. The lowest BCUT2D eigenvalue weighted by molar-refractivity contribution is 1.14. The van der Waals surface area contributed by atoms with Gasteiger partial charge in [0.1, 0.15) is 5.82 Å². The number of hydrogen-bond acceptors (Lipinski definition) is 2. The van der Waals surface area contributed by atoms with E-state index in [4.69, 9.17) is 5.73 Å². The van der Waals surface area contributed by atoms with E-state index < -0.39 is 0 Å². The van der Waals surface area contributed by atoms with Crippen LogP contribution in [0.15, 0.2) is 0 Å². The van der Waals surface area contributed by atoms with Crippen molar-refractivity contribution in [2.45, 2.75) is 20.8 Å². The summed E-state index contributed by atoms with van der Waals surface area (Å²) in [4.78, 5) is 4.19. The predicted octanol–water partition coefficient (Wildman–Crippen LogP) is 1.09. The number of rotatable bonds is 0. The number of aryl methyl sites for hydroxylation is 1. The second kappa shape index (κ2) is 2.78. The molecule has 2 nitrogen and oxygen atoms in total. The maximum absolute atomic E-state index is 5.66. The van der Waals surface area contributed by atoms with Crippen molar-refractivity contribution in [2.24, 2.45) is 0 Å². The van der Waals surface area contributed by atoms with E-state index in [0.29, 0.717) is 5.82 Å². The molecule has 0 aliphatic heterocycles. The van der Waals surface area contributed by atoms with Gasteiger partial charge in [-0.15, -0.1) is 9.24 Å². The first-order valence-corrected chi connectivity index (χ1v) is 4.10. The molecule has 2 N–H and O–H groups in total. The number of pyridine rings is 1. The van der Waals surface area contributed by atoms with Gasteiger partial charge in [0, 0.05) is 11.0 Å². The number of nitrogens with two attached hydrogens (primary N) is 1. The lowest BCUT2D eigenvalue weighted by Gasteiger charge is -2.08. The Balaban J connectivity index is 3.46. The largest absolute Gasteiger partial charge is 0.383 e. The van der Waals surface area contributed by atoms with Crippen molar-refractivity contribution < 1.29 is 0 Å². The Morgan fingerprint density at radius 2 is 1.73 bits per heavy atom. The summed E-state index contributed by atoms with van der Waals surface area (Å²) in [5.74, 6) is 0.621. The zero-order valence-electron chi connectivity index (χ0n) is 7.10. The molecule has 0 amide bonds. The van der Waals surface area contributed by atoms with Crippen molar-refractivity contribution in [3.8, 4) is 0 Å². The molecule has 0 saturated carbocycles. The van der Waals surface area contributed by atoms with Crippen molar-refractivity contribution in [3.05, 3.63) is 16.8 Å². The number of anilines is 1. The van der Waals surface area contributed by atoms with Crippen LogP contribution in [0.4, 0.5) is 5.82 Å². The number of aromatic nitrogens is 1. The molecule has 0 aliphatic rings. The first-order valence-electron chi connectivity index (χ1n) is 3.52. The van der Waals surface area contributed by atoms with Crippen LogP contribution in [0.2, 0.25) is 0 Å². The highest BCUT2D eigenvalue weighted by Gasteiger charge is 2.04. The smallest absolute Gasteiger partial charge is 0.131 e. The maximum atomic E-state index is 5.66. The molecule has 1 atom stereocenters. The zero-order chi connectivity index (χ0) is 8.59. The summed E-state index contributed by atoms with van der Waals surface area (Å²) < 4.78 is 0. The second-order valence-corrected chi connectivity index (χ2v) is 3.32. The quantitative estimate of drug-likeness (QED) is 0.589. The fraction of sp³-hybridized carbons (Fsp3) is 0.375. The molecule has 1 unspecified atom stereocenters. The summed E-state index contributed by atoms with van der Waals surface area (Å²) in [5, 5.41) is 1.02. The fourth-order valence-electron chi connectivity index (χ4n) is 0.990. The molecule has 60 valence electrons. The Bertz CT molecular complexity index is 268. The zero-order valence-corrected chi connectivity index (χ0v) is 8.26. The average Bonchev–Trinajstić information content (AvgIpc) is 1.97. The standard InChI is InChI=1S/C8H13N2P/c1-4-5(2)7(11)8(9)10-6(4)3/h11H2,1-3H3,(H2,9,10). The topological polar surface area (TPSA) is 38.9 Å². The third-order valence-electron chi connectivity index (χ3n) is 2.07. The van der Waals surface area contributed by atoms with Gasteiger partial charge >= 0.3 is 0 Å². The molecular formula is C8H13N2P. The molecule has 1 rings (SSSR count). The van der Waals surface area contributed by atoms with Crippen molar-refractivity contribution in [1.29, 1.82) is 0 Å². The van der Waals surface area contributed by atoms with Gasteiger partial charge in [-0.25, -0.2) is 4.98 Å². The second-order valence-electron chi connectivity index (χ2n) is 2.75. The summed E-state index contributed by atoms with van der Waals surface area (Å²) in [6.45, 7) is 6.09. The summed E-state index contributed by atoms with van der Waals surface area (Å²) in [5.41, 5.74) is 9.13. The summed E-state index contributed by atoms with van der Waals surface area (Å²) in [6.07, 6.45) is 0. The predicted molar refractivity (Wildman–Crippen MR) is 52.2 cm³/mol. The summed E-state index contributed by atoms with van der Waals surface area (Å²) in [7, 11) is 2.61. The highest BCUT2D eigenvalue weighted by molar-refractivity contribution is 7.28. The van der Waals surface area contributed by atoms with Gasteiger partial charge in [0.15, 0.2) is 0 Å². The first kappa shape index (κ1) is 8.48. The highest BCUT2D eigenvalue weighted by atomic mass is 31.0. The van der Waals surface area contributed by atoms with Crippen LogP contribution >= 0.6 is 9.24 Å². The summed E-state index contributed by atoms with van der Waals surface area (Å²) in [6, 6.07) is 0. The Kier molecular flexibility index (Phi) is 2.15. The first-order chi connectivity index (χ1) is 5.04. The van der Waals surface area contributed by atoms with E-state index in [1.54, 1.807) is 0 Å². The number of nitrogen functional groups attached to an aromatic ring is 1. The Morgan fingerprint density at radius 3 is 2.27 bits per heavy atom. The van der Waals surface area contributed by atoms with E-state index in [2.05, 4.69) is 28.1 Å². The van der Waals surface area contributed by atoms with Crippen molar-refractivity contribution in [3.63, 3.8) is 0 Å². The molecular weight excluding hydrogens is 155 g/mol. The van der Waals surface area contributed by atoms with Crippen molar-refractivity contribution in [2.75, 3.05) is 5.73 Å². The minimum atomic E-state index is 0.621. The Labute approximate surface area is 69.4 Å². The van der Waals surface area contributed by atoms with Crippen LogP contribution in [0.3, 0.4) is 0 Å². The Hall–Kier alpha value is -0.620. The van der Waals surface area contributed by atoms with E-state index in [1.807, 2.05) is 6.92 Å². The van der Waals surface area contributed by atoms with Crippen LogP contribution in [0.5, 0.6) is 0 Å².